The van der Waals surface area contributed by atoms with E-state index in [4.69, 9.17) is 16.2 Å². The second-order valence-electron chi connectivity index (χ2n) is 34.3. The van der Waals surface area contributed by atoms with E-state index in [-0.39, 0.29) is 43.8 Å². The molecule has 0 unspecified atom stereocenters. The molecular formula is C86H139N21O22. The van der Waals surface area contributed by atoms with Gasteiger partial charge in [0.1, 0.15) is 114 Å². The van der Waals surface area contributed by atoms with E-state index in [1.165, 1.54) is 87.1 Å². The second kappa shape index (κ2) is 53.7. The predicted octanol–water partition coefficient (Wildman–Crippen LogP) is -4.23. The van der Waals surface area contributed by atoms with Gasteiger partial charge in [-0.1, -0.05) is 124 Å². The van der Waals surface area contributed by atoms with Crippen molar-refractivity contribution in [2.24, 2.45) is 35.1 Å². The van der Waals surface area contributed by atoms with Crippen molar-refractivity contribution in [2.75, 3.05) is 13.1 Å². The van der Waals surface area contributed by atoms with Crippen molar-refractivity contribution in [1.29, 1.82) is 0 Å². The van der Waals surface area contributed by atoms with Gasteiger partial charge in [0.05, 0.1) is 19.1 Å². The zero-order chi connectivity index (χ0) is 97.9. The summed E-state index contributed by atoms with van der Waals surface area (Å²) in [6, 6.07) is -15.7. The van der Waals surface area contributed by atoms with Gasteiger partial charge in [-0.15, -0.1) is 0 Å². The molecule has 2 aliphatic rings. The molecule has 20 atom stereocenters. The number of benzene rings is 1. The molecule has 43 heteroatoms. The van der Waals surface area contributed by atoms with Gasteiger partial charge in [-0.3, -0.25) is 91.1 Å². The van der Waals surface area contributed by atoms with E-state index >= 15 is 0 Å². The van der Waals surface area contributed by atoms with Gasteiger partial charge in [0.15, 0.2) is 0 Å². The molecule has 0 bridgehead atoms. The summed E-state index contributed by atoms with van der Waals surface area (Å²) in [7, 11) is 0. The van der Waals surface area contributed by atoms with E-state index in [0.29, 0.717) is 18.4 Å². The summed E-state index contributed by atoms with van der Waals surface area (Å²) in [5.41, 5.74) is 12.3. The molecule has 0 radical (unpaired) electrons. The number of aliphatic hydroxyl groups excluding tert-OH is 1. The topological polar surface area (TPSA) is 643 Å². The van der Waals surface area contributed by atoms with Crippen LogP contribution in [0.4, 0.5) is 0 Å². The number of amides is 19. The lowest BCUT2D eigenvalue weighted by atomic mass is 10.0. The first-order chi connectivity index (χ1) is 60.3. The SMILES string of the molecule is C/C=C(\NC(=O)[C@H](NC(=O)[C@@H](C)NC(=O)[C@H](NC(=O)[C@H](C)NC(=O)CNC(=O)[C@@H](NC(=O)[C@@H](C)NC(=O)[C@H](C)NC(=O)[C@H](C)NC(=O)[C@H](C)NC(=O)[C@@H](CC(C)C)NC(=O)[C@H]1CCCN1C(=O)/C(=C\C)NC(=O)C[C@@H](O)CCCCC)C(C)C)C(C)C)C(C)C)C(=O)N[C@@H]1C(=O)N[C@@H](C)C(=O)N[C@H]([C@@H](C)N)C(=O)N[C@H]([C@@H](C)N)C(=O)N[C@@H](Cc2ccccc2)C(=O)O[C@@H]1C. The number of esters is 1. The van der Waals surface area contributed by atoms with Crippen LogP contribution in [-0.4, -0.2) is 262 Å². The molecule has 129 heavy (non-hydrogen) atoms. The summed E-state index contributed by atoms with van der Waals surface area (Å²) in [4.78, 5) is 275. The van der Waals surface area contributed by atoms with Crippen LogP contribution in [0.25, 0.3) is 0 Å². The van der Waals surface area contributed by atoms with Gasteiger partial charge in [0.25, 0.3) is 11.8 Å². The van der Waals surface area contributed by atoms with Crippen molar-refractivity contribution in [3.05, 3.63) is 59.4 Å². The molecule has 0 aliphatic carbocycles. The lowest BCUT2D eigenvalue weighted by Gasteiger charge is -2.31. The number of hydrogen-bond donors (Lipinski definition) is 21. The molecule has 0 saturated carbocycles. The minimum Gasteiger partial charge on any atom is -0.458 e. The number of cyclic esters (lactones) is 1. The number of allylic oxidation sites excluding steroid dienone is 2. The van der Waals surface area contributed by atoms with Crippen LogP contribution < -0.4 is 107 Å². The maximum absolute atomic E-state index is 14.3. The Bertz CT molecular complexity index is 4200. The molecule has 2 fully saturated rings. The van der Waals surface area contributed by atoms with E-state index in [1.54, 1.807) is 78.8 Å². The lowest BCUT2D eigenvalue weighted by Crippen LogP contribution is -2.65. The Hall–Kier alpha value is -12.0. The summed E-state index contributed by atoms with van der Waals surface area (Å²) in [5, 5.41) is 55.2. The smallest absolute Gasteiger partial charge is 0.329 e. The molecule has 3 rings (SSSR count). The van der Waals surface area contributed by atoms with E-state index in [1.807, 2.05) is 20.8 Å². The van der Waals surface area contributed by atoms with Crippen LogP contribution >= 0.6 is 0 Å². The molecule has 0 aromatic heterocycles. The van der Waals surface area contributed by atoms with Gasteiger partial charge in [-0.05, 0) is 138 Å². The van der Waals surface area contributed by atoms with Crippen LogP contribution in [0, 0.1) is 23.7 Å². The third-order valence-electron chi connectivity index (χ3n) is 21.2. The number of ether oxygens (including phenoxy) is 1. The number of rotatable bonds is 43. The van der Waals surface area contributed by atoms with Gasteiger partial charge in [0, 0.05) is 25.0 Å². The largest absolute Gasteiger partial charge is 0.458 e. The molecule has 43 nitrogen and oxygen atoms in total. The van der Waals surface area contributed by atoms with Crippen LogP contribution in [0.2, 0.25) is 0 Å². The quantitative estimate of drug-likeness (QED) is 0.0167. The van der Waals surface area contributed by atoms with Gasteiger partial charge in [-0.25, -0.2) is 4.79 Å². The number of carbonyl (C=O) groups is 20. The molecule has 19 amide bonds. The summed E-state index contributed by atoms with van der Waals surface area (Å²) in [6.07, 6.45) is 3.50. The summed E-state index contributed by atoms with van der Waals surface area (Å²) in [6.45, 7) is 30.5. The van der Waals surface area contributed by atoms with Gasteiger partial charge in [-0.2, -0.15) is 0 Å². The second-order valence-corrected chi connectivity index (χ2v) is 34.3. The first kappa shape index (κ1) is 111. The van der Waals surface area contributed by atoms with Crippen molar-refractivity contribution < 1.29 is 106 Å². The molecule has 2 heterocycles. The first-order valence-corrected chi connectivity index (χ1v) is 43.8. The number of hydrogen-bond acceptors (Lipinski definition) is 24. The van der Waals surface area contributed by atoms with Gasteiger partial charge < -0.3 is 122 Å². The Morgan fingerprint density at radius 1 is 0.512 bits per heavy atom. The fraction of sp³-hybridized carbons (Fsp3) is 0.651. The summed E-state index contributed by atoms with van der Waals surface area (Å²) >= 11 is 0. The van der Waals surface area contributed by atoms with Gasteiger partial charge >= 0.3 is 5.97 Å². The standard InChI is InChI=1S/C86H139N21O22/c1-22-25-27-33-55(108)38-61(109)97-57(24-3)85(127)107-35-30-34-60(107)78(120)99-58(36-40(4)5)77(119)94-49(17)71(113)92-47(15)69(111)91-48(16)70(112)93-50(18)73(115)101-63(41(6)7)79(121)89-39-62(110)90-46(14)72(114)102-64(42(8)9)80(122)95-51(19)74(116)103-65(43(10)11)81(123)98-56(23-2)76(118)106-68-53(21)129-86(128)59(37-54-31-28-26-29-32-54)100-82(124)66(44(12)87)105-83(125)67(45(13)88)104-75(117)52(20)96-84(68)126/h23-24,26,28-29,31-32,40-53,55,58-60,63-68,108H,22,25,27,30,33-39,87-88H2,1-21H3,(H,89,121)(H,90,110)(H,91,111)(H,92,113)(H,93,112)(H,94,119)(H,95,122)(H,96,126)(H,97,109)(H,98,123)(H,99,120)(H,100,124)(H,101,115)(H,102,114)(H,103,116)(H,104,117)(H,105,125)(H,106,118)/b56-23-,57-24+/t44-,45-,46+,47+,48+,49+,50-,51-,52+,53-,55+,58-,59+,60-,63+,64-,65-,66-,67-,68+/m1/s1. The minimum atomic E-state index is -1.85. The minimum absolute atomic E-state index is 0.0698. The highest BCUT2D eigenvalue weighted by molar-refractivity contribution is 6.05. The fourth-order valence-corrected chi connectivity index (χ4v) is 13.3. The fourth-order valence-electron chi connectivity index (χ4n) is 13.3. The molecule has 720 valence electrons. The van der Waals surface area contributed by atoms with Crippen LogP contribution in [-0.2, 0) is 107 Å². The zero-order valence-corrected chi connectivity index (χ0v) is 77.8. The first-order valence-electron chi connectivity index (χ1n) is 43.8. The number of aliphatic hydroxyl groups is 1. The Morgan fingerprint density at radius 2 is 0.961 bits per heavy atom. The lowest BCUT2D eigenvalue weighted by molar-refractivity contribution is -0.156. The number of nitrogens with two attached hydrogens (primary N) is 2. The van der Waals surface area contributed by atoms with Crippen molar-refractivity contribution in [2.45, 2.75) is 324 Å². The van der Waals surface area contributed by atoms with Crippen molar-refractivity contribution in [3.8, 4) is 0 Å². The molecular weight excluding hydrogens is 1680 g/mol. The van der Waals surface area contributed by atoms with E-state index in [0.717, 1.165) is 25.3 Å². The zero-order valence-electron chi connectivity index (χ0n) is 77.8. The molecule has 2 saturated heterocycles. The van der Waals surface area contributed by atoms with E-state index in [2.05, 4.69) is 95.7 Å². The van der Waals surface area contributed by atoms with E-state index in [9.17, 15) is 101 Å². The Morgan fingerprint density at radius 3 is 1.43 bits per heavy atom. The number of unbranched alkanes of at least 4 members (excludes halogenated alkanes) is 2. The van der Waals surface area contributed by atoms with Crippen molar-refractivity contribution in [3.63, 3.8) is 0 Å². The molecule has 23 N–H and O–H groups in total. The molecule has 2 aliphatic heterocycles. The van der Waals surface area contributed by atoms with Gasteiger partial charge in [0.2, 0.25) is 100 Å². The average molecular weight is 1820 g/mol. The Labute approximate surface area is 753 Å². The van der Waals surface area contributed by atoms with E-state index < -0.39 is 269 Å². The molecule has 1 aromatic rings. The average Bonchev–Trinajstić information content (AvgIpc) is 1.54. The normalized spacial score (nSPS) is 20.8. The monoisotopic (exact) mass is 1820 g/mol. The van der Waals surface area contributed by atoms with Crippen LogP contribution in [0.15, 0.2) is 53.9 Å². The van der Waals surface area contributed by atoms with Crippen molar-refractivity contribution in [1.82, 2.24) is 101 Å². The third kappa shape index (κ3) is 36.2. The Kier molecular flexibility index (Phi) is 46.3. The third-order valence-corrected chi connectivity index (χ3v) is 21.2. The molecule has 0 spiro atoms. The maximum atomic E-state index is 14.3. The number of nitrogens with one attached hydrogen (secondary N) is 18. The number of likely N-dealkylation sites (tertiary alicyclic amines) is 1. The van der Waals surface area contributed by atoms with Crippen LogP contribution in [0.5, 0.6) is 0 Å². The van der Waals surface area contributed by atoms with Crippen molar-refractivity contribution >= 4 is 118 Å². The Balaban J connectivity index is 1.59. The number of carbonyl (C=O) groups excluding carboxylic acids is 20. The van der Waals surface area contributed by atoms with Crippen LogP contribution in [0.1, 0.15) is 202 Å². The highest BCUT2D eigenvalue weighted by Gasteiger charge is 2.43. The van der Waals surface area contributed by atoms with Crippen LogP contribution in [0.3, 0.4) is 0 Å². The predicted molar refractivity (Wildman–Crippen MR) is 472 cm³/mol. The summed E-state index contributed by atoms with van der Waals surface area (Å²) in [5.74, 6) is -19.5. The highest BCUT2D eigenvalue weighted by Crippen LogP contribution is 2.22. The number of nitrogens with zero attached hydrogens (tertiary/aromatic N) is 1. The molecule has 1 aromatic carbocycles. The maximum Gasteiger partial charge on any atom is 0.329 e. The highest BCUT2D eigenvalue weighted by atomic mass is 16.5. The summed E-state index contributed by atoms with van der Waals surface area (Å²) < 4.78 is 5.78.